The molecule has 2 aromatic carbocycles. The second kappa shape index (κ2) is 6.28. The van der Waals surface area contributed by atoms with E-state index in [-0.39, 0.29) is 0 Å². The smallest absolute Gasteiger partial charge is 0.296 e. The zero-order chi connectivity index (χ0) is 18.1. The number of azo groups is 1. The number of rotatable bonds is 4. The van der Waals surface area contributed by atoms with Gasteiger partial charge in [-0.3, -0.25) is 9.11 Å². The van der Waals surface area contributed by atoms with Crippen LogP contribution in [0.15, 0.2) is 56.4 Å². The molecule has 4 N–H and O–H groups in total. The summed E-state index contributed by atoms with van der Waals surface area (Å²) in [5, 5.41) is 7.45. The molecule has 0 spiro atoms. The van der Waals surface area contributed by atoms with Crippen molar-refractivity contribution in [3.63, 3.8) is 0 Å². The van der Waals surface area contributed by atoms with Crippen molar-refractivity contribution in [1.29, 1.82) is 0 Å². The van der Waals surface area contributed by atoms with E-state index in [2.05, 4.69) is 10.2 Å². The number of hydrogen-bond acceptors (Lipinski definition) is 7. The molecule has 0 fully saturated rings. The average Bonchev–Trinajstić information content (AvgIpc) is 2.46. The first-order chi connectivity index (χ1) is 11.0. The fourth-order valence-electron chi connectivity index (χ4n) is 1.79. The van der Waals surface area contributed by atoms with Gasteiger partial charge in [-0.2, -0.15) is 21.9 Å². The first-order valence-electron chi connectivity index (χ1n) is 6.35. The molecule has 0 unspecified atom stereocenters. The van der Waals surface area contributed by atoms with Crippen LogP contribution in [0.2, 0.25) is 0 Å². The summed E-state index contributed by atoms with van der Waals surface area (Å²) in [5.41, 5.74) is 6.80. The fourth-order valence-corrected chi connectivity index (χ4v) is 2.89. The first kappa shape index (κ1) is 18.0. The van der Waals surface area contributed by atoms with Gasteiger partial charge in [0.25, 0.3) is 20.2 Å². The molecule has 0 saturated heterocycles. The standard InChI is InChI=1S/C13H13N3O6S2/c1-8-6-9(2-4-11(8)14)15-16-12-7-10(23(17,18)19)3-5-13(12)24(20,21)22/h2-7H,14H2,1H3,(H,17,18,19)(H,20,21,22). The zero-order valence-electron chi connectivity index (χ0n) is 12.3. The Morgan fingerprint density at radius 2 is 1.58 bits per heavy atom. The summed E-state index contributed by atoms with van der Waals surface area (Å²) in [6, 6.07) is 7.09. The summed E-state index contributed by atoms with van der Waals surface area (Å²) < 4.78 is 63.2. The molecule has 0 saturated carbocycles. The van der Waals surface area contributed by atoms with Crippen LogP contribution in [0.25, 0.3) is 0 Å². The third kappa shape index (κ3) is 4.14. The van der Waals surface area contributed by atoms with Crippen LogP contribution in [0.1, 0.15) is 5.56 Å². The van der Waals surface area contributed by atoms with E-state index < -0.39 is 35.7 Å². The number of anilines is 1. The number of benzene rings is 2. The van der Waals surface area contributed by atoms with Crippen LogP contribution in [0.3, 0.4) is 0 Å². The van der Waals surface area contributed by atoms with Crippen molar-refractivity contribution in [2.75, 3.05) is 5.73 Å². The van der Waals surface area contributed by atoms with E-state index in [1.54, 1.807) is 19.1 Å². The first-order valence-corrected chi connectivity index (χ1v) is 9.23. The van der Waals surface area contributed by atoms with Crippen molar-refractivity contribution in [2.45, 2.75) is 16.7 Å². The molecular formula is C13H13N3O6S2. The average molecular weight is 371 g/mol. The molecule has 24 heavy (non-hydrogen) atoms. The van der Waals surface area contributed by atoms with E-state index in [0.29, 0.717) is 16.9 Å². The molecule has 128 valence electrons. The highest BCUT2D eigenvalue weighted by atomic mass is 32.2. The van der Waals surface area contributed by atoms with Crippen LogP contribution in [0, 0.1) is 6.92 Å². The Balaban J connectivity index is 2.57. The summed E-state index contributed by atoms with van der Waals surface area (Å²) in [4.78, 5) is -1.23. The lowest BCUT2D eigenvalue weighted by molar-refractivity contribution is 0.478. The molecule has 0 amide bonds. The lowest BCUT2D eigenvalue weighted by Crippen LogP contribution is -2.02. The minimum atomic E-state index is -4.67. The highest BCUT2D eigenvalue weighted by Gasteiger charge is 2.19. The summed E-state index contributed by atoms with van der Waals surface area (Å²) in [6.07, 6.45) is 0. The predicted molar refractivity (Wildman–Crippen MR) is 85.8 cm³/mol. The molecule has 0 aliphatic carbocycles. The Hall–Kier alpha value is -2.34. The molecule has 0 aromatic heterocycles. The van der Waals surface area contributed by atoms with Crippen molar-refractivity contribution in [3.05, 3.63) is 42.0 Å². The largest absolute Gasteiger partial charge is 0.399 e. The van der Waals surface area contributed by atoms with E-state index >= 15 is 0 Å². The maximum atomic E-state index is 11.4. The second-order valence-corrected chi connectivity index (χ2v) is 7.63. The highest BCUT2D eigenvalue weighted by molar-refractivity contribution is 7.86. The number of nitrogens with two attached hydrogens (primary N) is 1. The Morgan fingerprint density at radius 3 is 2.12 bits per heavy atom. The SMILES string of the molecule is Cc1cc(N=Nc2cc(S(=O)(=O)O)ccc2S(=O)(=O)O)ccc1N. The monoisotopic (exact) mass is 371 g/mol. The summed E-state index contributed by atoms with van der Waals surface area (Å²) >= 11 is 0. The molecule has 0 aliphatic heterocycles. The van der Waals surface area contributed by atoms with Gasteiger partial charge in [-0.05, 0) is 48.9 Å². The van der Waals surface area contributed by atoms with Gasteiger partial charge in [0.05, 0.1) is 10.6 Å². The van der Waals surface area contributed by atoms with Crippen LogP contribution < -0.4 is 5.73 Å². The lowest BCUT2D eigenvalue weighted by atomic mass is 10.2. The van der Waals surface area contributed by atoms with Gasteiger partial charge in [-0.1, -0.05) is 0 Å². The molecule has 0 bridgehead atoms. The molecule has 11 heteroatoms. The van der Waals surface area contributed by atoms with Crippen molar-refractivity contribution in [2.24, 2.45) is 10.2 Å². The van der Waals surface area contributed by atoms with Crippen molar-refractivity contribution in [1.82, 2.24) is 0 Å². The molecule has 0 heterocycles. The summed E-state index contributed by atoms with van der Waals surface area (Å²) in [5.74, 6) is 0. The number of nitrogens with zero attached hydrogens (tertiary/aromatic N) is 2. The summed E-state index contributed by atoms with van der Waals surface area (Å²) in [6.45, 7) is 1.73. The normalized spacial score (nSPS) is 12.6. The summed E-state index contributed by atoms with van der Waals surface area (Å²) in [7, 11) is -9.24. The second-order valence-electron chi connectivity index (χ2n) is 4.82. The molecule has 2 aromatic rings. The van der Waals surface area contributed by atoms with Crippen LogP contribution in [-0.2, 0) is 20.2 Å². The molecular weight excluding hydrogens is 358 g/mol. The van der Waals surface area contributed by atoms with Gasteiger partial charge in [0.15, 0.2) is 0 Å². The van der Waals surface area contributed by atoms with Gasteiger partial charge in [-0.15, -0.1) is 5.11 Å². The number of aryl methyl sites for hydroxylation is 1. The van der Waals surface area contributed by atoms with Crippen LogP contribution in [-0.4, -0.2) is 25.9 Å². The molecule has 0 atom stereocenters. The number of nitrogen functional groups attached to an aromatic ring is 1. The van der Waals surface area contributed by atoms with Gasteiger partial charge in [-0.25, -0.2) is 0 Å². The van der Waals surface area contributed by atoms with Gasteiger partial charge in [0, 0.05) is 5.69 Å². The van der Waals surface area contributed by atoms with E-state index in [1.807, 2.05) is 0 Å². The Bertz CT molecular complexity index is 1030. The topological polar surface area (TPSA) is 159 Å². The molecule has 0 aliphatic rings. The minimum Gasteiger partial charge on any atom is -0.399 e. The third-order valence-corrected chi connectivity index (χ3v) is 4.78. The van der Waals surface area contributed by atoms with Crippen LogP contribution in [0.5, 0.6) is 0 Å². The Morgan fingerprint density at radius 1 is 0.917 bits per heavy atom. The van der Waals surface area contributed by atoms with Crippen molar-refractivity contribution >= 4 is 37.3 Å². The van der Waals surface area contributed by atoms with E-state index in [1.165, 1.54) is 6.07 Å². The quantitative estimate of drug-likeness (QED) is 0.423. The lowest BCUT2D eigenvalue weighted by Gasteiger charge is -2.04. The Labute approximate surface area is 138 Å². The van der Waals surface area contributed by atoms with Gasteiger partial charge >= 0.3 is 0 Å². The van der Waals surface area contributed by atoms with E-state index in [4.69, 9.17) is 10.3 Å². The maximum Gasteiger partial charge on any atom is 0.296 e. The molecule has 2 rings (SSSR count). The van der Waals surface area contributed by atoms with Gasteiger partial charge in [0.1, 0.15) is 10.6 Å². The van der Waals surface area contributed by atoms with E-state index in [0.717, 1.165) is 18.2 Å². The Kier molecular flexibility index (Phi) is 4.71. The van der Waals surface area contributed by atoms with E-state index in [9.17, 15) is 21.4 Å². The van der Waals surface area contributed by atoms with Gasteiger partial charge in [0.2, 0.25) is 0 Å². The van der Waals surface area contributed by atoms with Crippen molar-refractivity contribution in [3.8, 4) is 0 Å². The molecule has 0 radical (unpaired) electrons. The fraction of sp³-hybridized carbons (Fsp3) is 0.0769. The minimum absolute atomic E-state index is 0.334. The zero-order valence-corrected chi connectivity index (χ0v) is 13.9. The van der Waals surface area contributed by atoms with Crippen LogP contribution >= 0.6 is 0 Å². The molecule has 9 nitrogen and oxygen atoms in total. The predicted octanol–water partition coefficient (Wildman–Crippen LogP) is 2.49. The highest BCUT2D eigenvalue weighted by Crippen LogP contribution is 2.29. The van der Waals surface area contributed by atoms with Gasteiger partial charge < -0.3 is 5.73 Å². The maximum absolute atomic E-state index is 11.4. The number of hydrogen-bond donors (Lipinski definition) is 3. The third-order valence-electron chi connectivity index (χ3n) is 3.03. The van der Waals surface area contributed by atoms with Crippen LogP contribution in [0.4, 0.5) is 17.1 Å². The van der Waals surface area contributed by atoms with Crippen molar-refractivity contribution < 1.29 is 25.9 Å².